The summed E-state index contributed by atoms with van der Waals surface area (Å²) in [4.78, 5) is 4.82. The summed E-state index contributed by atoms with van der Waals surface area (Å²) in [6.07, 6.45) is 7.89. The fourth-order valence-corrected chi connectivity index (χ4v) is 7.06. The second kappa shape index (κ2) is 14.4. The Labute approximate surface area is 310 Å². The van der Waals surface area contributed by atoms with Gasteiger partial charge in [0.25, 0.3) is 0 Å². The van der Waals surface area contributed by atoms with Crippen LogP contribution in [0.25, 0.3) is 44.4 Å². The largest absolute Gasteiger partial charge is 2.00 e. The van der Waals surface area contributed by atoms with Gasteiger partial charge in [-0.15, -0.1) is 35.7 Å². The van der Waals surface area contributed by atoms with Crippen molar-refractivity contribution in [2.24, 2.45) is 11.8 Å². The summed E-state index contributed by atoms with van der Waals surface area (Å²) in [5.74, 6) is 3.19. The first-order valence-electron chi connectivity index (χ1n) is 17.3. The first-order valence-corrected chi connectivity index (χ1v) is 17.3. The number of hydrogen-bond acceptors (Lipinski definition) is 3. The zero-order chi connectivity index (χ0) is 34.4. The van der Waals surface area contributed by atoms with Crippen LogP contribution in [0.1, 0.15) is 61.1 Å². The third-order valence-corrected chi connectivity index (χ3v) is 9.48. The monoisotopic (exact) mass is 839 g/mol. The molecule has 0 atom stereocenters. The normalized spacial score (nSPS) is 11.6. The molecular weight excluding hydrogens is 796 g/mol. The SMILES string of the molecule is Cc1cc(C)c(C)c(-c2cnn(-c3[c-]c(Oc4[c-]c5c(cc4)c4ccccc4n5-c4cc(CC(C)C)ccn4)cc(CC(C)C)c3)c2)c1C.[Pt+2]. The van der Waals surface area contributed by atoms with Crippen LogP contribution in [0.15, 0.2) is 85.3 Å². The van der Waals surface area contributed by atoms with Crippen molar-refractivity contribution in [2.75, 3.05) is 0 Å². The molecule has 0 unspecified atom stereocenters. The van der Waals surface area contributed by atoms with Gasteiger partial charge < -0.3 is 9.30 Å². The molecular formula is C44H44N4OPt. The maximum atomic E-state index is 6.61. The molecule has 0 aliphatic carbocycles. The third-order valence-electron chi connectivity index (χ3n) is 9.48. The molecule has 5 nitrogen and oxygen atoms in total. The van der Waals surface area contributed by atoms with E-state index in [-0.39, 0.29) is 21.1 Å². The topological polar surface area (TPSA) is 44.9 Å². The van der Waals surface area contributed by atoms with E-state index in [2.05, 4.69) is 139 Å². The van der Waals surface area contributed by atoms with Gasteiger partial charge in [0.05, 0.1) is 6.20 Å². The van der Waals surface area contributed by atoms with Crippen LogP contribution in [0.4, 0.5) is 0 Å². The van der Waals surface area contributed by atoms with Gasteiger partial charge in [-0.2, -0.15) is 16.7 Å². The number of benzene rings is 4. The summed E-state index contributed by atoms with van der Waals surface area (Å²) in [7, 11) is 0. The molecule has 7 aromatic rings. The van der Waals surface area contributed by atoms with Gasteiger partial charge in [-0.25, -0.2) is 4.98 Å². The Balaban J connectivity index is 0.00000432. The maximum absolute atomic E-state index is 6.61. The number of pyridine rings is 1. The van der Waals surface area contributed by atoms with Crippen LogP contribution in [0.2, 0.25) is 0 Å². The molecule has 7 rings (SSSR count). The Morgan fingerprint density at radius 3 is 2.20 bits per heavy atom. The van der Waals surface area contributed by atoms with Crippen molar-refractivity contribution in [1.82, 2.24) is 19.3 Å². The van der Waals surface area contributed by atoms with Gasteiger partial charge >= 0.3 is 21.1 Å². The number of hydrogen-bond donors (Lipinski definition) is 0. The van der Waals surface area contributed by atoms with Crippen LogP contribution in [-0.2, 0) is 33.9 Å². The van der Waals surface area contributed by atoms with Gasteiger partial charge in [-0.3, -0.25) is 4.68 Å². The first kappa shape index (κ1) is 35.4. The van der Waals surface area contributed by atoms with Crippen molar-refractivity contribution < 1.29 is 25.8 Å². The molecule has 6 heteroatoms. The Bertz CT molecular complexity index is 2300. The second-order valence-electron chi connectivity index (χ2n) is 14.3. The molecule has 0 bridgehead atoms. The molecule has 0 radical (unpaired) electrons. The minimum atomic E-state index is 0. The van der Waals surface area contributed by atoms with Crippen LogP contribution in [0.5, 0.6) is 11.5 Å². The first-order chi connectivity index (χ1) is 23.5. The summed E-state index contributed by atoms with van der Waals surface area (Å²) in [6, 6.07) is 30.6. The number of ether oxygens (including phenoxy) is 1. The molecule has 0 saturated carbocycles. The van der Waals surface area contributed by atoms with Crippen molar-refractivity contribution in [3.63, 3.8) is 0 Å². The van der Waals surface area contributed by atoms with E-state index >= 15 is 0 Å². The molecule has 3 heterocycles. The van der Waals surface area contributed by atoms with Gasteiger partial charge in [-0.1, -0.05) is 57.5 Å². The maximum Gasteiger partial charge on any atom is 2.00 e. The second-order valence-corrected chi connectivity index (χ2v) is 14.3. The van der Waals surface area contributed by atoms with E-state index in [0.717, 1.165) is 51.7 Å². The van der Waals surface area contributed by atoms with E-state index in [1.165, 1.54) is 38.9 Å². The minimum absolute atomic E-state index is 0. The van der Waals surface area contributed by atoms with Crippen molar-refractivity contribution in [1.29, 1.82) is 0 Å². The van der Waals surface area contributed by atoms with Crippen molar-refractivity contribution in [3.8, 4) is 34.1 Å². The van der Waals surface area contributed by atoms with E-state index in [0.29, 0.717) is 23.3 Å². The molecule has 0 amide bonds. The summed E-state index contributed by atoms with van der Waals surface area (Å²) < 4.78 is 10.7. The van der Waals surface area contributed by atoms with E-state index in [9.17, 15) is 0 Å². The smallest absolute Gasteiger partial charge is 0.509 e. The summed E-state index contributed by atoms with van der Waals surface area (Å²) >= 11 is 0. The number of fused-ring (bicyclic) bond motifs is 3. The molecule has 0 N–H and O–H groups in total. The van der Waals surface area contributed by atoms with Crippen LogP contribution >= 0.6 is 0 Å². The molecule has 0 saturated heterocycles. The van der Waals surface area contributed by atoms with Gasteiger partial charge in [0.1, 0.15) is 5.82 Å². The van der Waals surface area contributed by atoms with Crippen LogP contribution in [0.3, 0.4) is 0 Å². The van der Waals surface area contributed by atoms with Crippen LogP contribution < -0.4 is 4.74 Å². The quantitative estimate of drug-likeness (QED) is 0.136. The fraction of sp³-hybridized carbons (Fsp3) is 0.273. The molecule has 0 aliphatic heterocycles. The molecule has 0 fully saturated rings. The Hall–Kier alpha value is -4.47. The van der Waals surface area contributed by atoms with Crippen molar-refractivity contribution in [3.05, 3.63) is 131 Å². The van der Waals surface area contributed by atoms with E-state index in [4.69, 9.17) is 14.8 Å². The molecule has 3 aromatic heterocycles. The molecule has 0 spiro atoms. The van der Waals surface area contributed by atoms with Crippen molar-refractivity contribution in [2.45, 2.75) is 68.2 Å². The standard InChI is InChI=1S/C44H44N4O.Pt/c1-27(2)17-33-15-16-45-43(22-33)48-41-12-10-9-11-39(41)40-14-13-37(24-42(40)48)49-38-21-34(18-28(3)4)20-36(23-38)47-26-35(25-46-47)44-31(7)29(5)19-30(6)32(44)8;/h9-16,19-22,25-28H,17-18H2,1-8H3;/q-2;+2. The zero-order valence-electron chi connectivity index (χ0n) is 30.2. The van der Waals surface area contributed by atoms with Crippen molar-refractivity contribution >= 4 is 21.8 Å². The van der Waals surface area contributed by atoms with Crippen LogP contribution in [-0.4, -0.2) is 19.3 Å². The van der Waals surface area contributed by atoms with Crippen LogP contribution in [0, 0.1) is 51.7 Å². The summed E-state index contributed by atoms with van der Waals surface area (Å²) in [6.45, 7) is 17.7. The van der Waals surface area contributed by atoms with Gasteiger partial charge in [0.15, 0.2) is 0 Å². The molecule has 256 valence electrons. The summed E-state index contributed by atoms with van der Waals surface area (Å²) in [5.41, 5.74) is 12.8. The summed E-state index contributed by atoms with van der Waals surface area (Å²) in [5, 5.41) is 7.09. The fourth-order valence-electron chi connectivity index (χ4n) is 7.06. The number of nitrogens with zero attached hydrogens (tertiary/aromatic N) is 4. The third kappa shape index (κ3) is 6.94. The number of aryl methyl sites for hydroxylation is 2. The number of rotatable bonds is 9. The number of aromatic nitrogens is 4. The van der Waals surface area contributed by atoms with E-state index in [1.807, 2.05) is 23.1 Å². The molecule has 50 heavy (non-hydrogen) atoms. The van der Waals surface area contributed by atoms with Gasteiger partial charge in [0.2, 0.25) is 0 Å². The van der Waals surface area contributed by atoms with Gasteiger partial charge in [0, 0.05) is 35.0 Å². The predicted molar refractivity (Wildman–Crippen MR) is 201 cm³/mol. The Kier molecular flexibility index (Phi) is 10.2. The Morgan fingerprint density at radius 1 is 0.740 bits per heavy atom. The molecule has 4 aromatic carbocycles. The van der Waals surface area contributed by atoms with E-state index < -0.39 is 0 Å². The zero-order valence-corrected chi connectivity index (χ0v) is 32.4. The Morgan fingerprint density at radius 2 is 1.46 bits per heavy atom. The molecule has 0 aliphatic rings. The van der Waals surface area contributed by atoms with E-state index in [1.54, 1.807) is 0 Å². The minimum Gasteiger partial charge on any atom is -0.509 e. The average molecular weight is 840 g/mol. The number of para-hydroxylation sites is 1. The average Bonchev–Trinajstić information content (AvgIpc) is 3.66. The predicted octanol–water partition coefficient (Wildman–Crippen LogP) is 11.1. The van der Waals surface area contributed by atoms with Gasteiger partial charge in [-0.05, 0) is 115 Å².